The molecule has 0 aliphatic carbocycles. The molecule has 0 aliphatic rings. The summed E-state index contributed by atoms with van der Waals surface area (Å²) in [4.78, 5) is 12.1. The Morgan fingerprint density at radius 1 is 1.19 bits per heavy atom. The average Bonchev–Trinajstić information content (AvgIpc) is 2.41. The Morgan fingerprint density at radius 2 is 1.86 bits per heavy atom. The topological polar surface area (TPSA) is 55.1 Å². The van der Waals surface area contributed by atoms with Crippen molar-refractivity contribution in [3.63, 3.8) is 0 Å². The van der Waals surface area contributed by atoms with Crippen LogP contribution in [0.4, 0.5) is 20.2 Å². The Hall–Kier alpha value is -1.95. The Morgan fingerprint density at radius 3 is 2.52 bits per heavy atom. The van der Waals surface area contributed by atoms with Crippen LogP contribution in [0.2, 0.25) is 0 Å². The number of nitrogens with two attached hydrogens (primary N) is 1. The van der Waals surface area contributed by atoms with Gasteiger partial charge in [0.05, 0.1) is 5.69 Å². The first-order valence-corrected chi connectivity index (χ1v) is 6.92. The first-order valence-electron chi connectivity index (χ1n) is 6.13. The second-order valence-electron chi connectivity index (χ2n) is 4.70. The maximum absolute atomic E-state index is 13.9. The molecule has 0 spiro atoms. The Balaban J connectivity index is 2.40. The number of hydrogen-bond donors (Lipinski definition) is 2. The van der Waals surface area contributed by atoms with Crippen LogP contribution in [-0.4, -0.2) is 5.91 Å². The highest BCUT2D eigenvalue weighted by molar-refractivity contribution is 9.10. The van der Waals surface area contributed by atoms with Crippen LogP contribution in [0.3, 0.4) is 0 Å². The zero-order chi connectivity index (χ0) is 15.7. The van der Waals surface area contributed by atoms with E-state index in [0.717, 1.165) is 11.6 Å². The van der Waals surface area contributed by atoms with Crippen LogP contribution in [0.5, 0.6) is 0 Å². The molecule has 0 aromatic heterocycles. The highest BCUT2D eigenvalue weighted by Crippen LogP contribution is 2.28. The third kappa shape index (κ3) is 3.05. The van der Waals surface area contributed by atoms with E-state index in [2.05, 4.69) is 21.2 Å². The van der Waals surface area contributed by atoms with E-state index >= 15 is 0 Å². The minimum absolute atomic E-state index is 0.198. The van der Waals surface area contributed by atoms with Crippen molar-refractivity contribution in [2.24, 2.45) is 0 Å². The fourth-order valence-electron chi connectivity index (χ4n) is 1.83. The molecule has 0 saturated carbocycles. The van der Waals surface area contributed by atoms with E-state index in [0.29, 0.717) is 15.8 Å². The fraction of sp³-hybridized carbons (Fsp3) is 0.133. The molecule has 0 bridgehead atoms. The number of carbonyl (C=O) groups is 1. The zero-order valence-electron chi connectivity index (χ0n) is 11.4. The van der Waals surface area contributed by atoms with Crippen molar-refractivity contribution in [3.8, 4) is 0 Å². The van der Waals surface area contributed by atoms with E-state index in [-0.39, 0.29) is 5.56 Å². The van der Waals surface area contributed by atoms with Gasteiger partial charge in [-0.15, -0.1) is 0 Å². The van der Waals surface area contributed by atoms with E-state index < -0.39 is 23.1 Å². The normalized spacial score (nSPS) is 10.5. The van der Waals surface area contributed by atoms with Crippen molar-refractivity contribution < 1.29 is 13.6 Å². The summed E-state index contributed by atoms with van der Waals surface area (Å²) in [5, 5.41) is 2.46. The summed E-state index contributed by atoms with van der Waals surface area (Å²) in [5.74, 6) is -2.65. The van der Waals surface area contributed by atoms with Crippen LogP contribution in [0.15, 0.2) is 28.7 Å². The summed E-state index contributed by atoms with van der Waals surface area (Å²) in [6.45, 7) is 3.27. The van der Waals surface area contributed by atoms with Crippen molar-refractivity contribution in [3.05, 3.63) is 57.1 Å². The number of nitrogen functional groups attached to an aromatic ring is 1. The Bertz CT molecular complexity index is 732. The summed E-state index contributed by atoms with van der Waals surface area (Å²) < 4.78 is 28.2. The minimum atomic E-state index is -0.910. The second-order valence-corrected chi connectivity index (χ2v) is 5.55. The third-order valence-corrected chi connectivity index (χ3v) is 3.77. The van der Waals surface area contributed by atoms with Crippen molar-refractivity contribution in [2.45, 2.75) is 13.8 Å². The first kappa shape index (κ1) is 15.4. The summed E-state index contributed by atoms with van der Waals surface area (Å²) in [6.07, 6.45) is 0. The monoisotopic (exact) mass is 354 g/mol. The van der Waals surface area contributed by atoms with Gasteiger partial charge in [-0.1, -0.05) is 6.07 Å². The van der Waals surface area contributed by atoms with Gasteiger partial charge in [0.25, 0.3) is 5.91 Å². The maximum atomic E-state index is 13.9. The summed E-state index contributed by atoms with van der Waals surface area (Å²) in [7, 11) is 0. The lowest BCUT2D eigenvalue weighted by atomic mass is 10.1. The number of rotatable bonds is 2. The molecule has 0 heterocycles. The van der Waals surface area contributed by atoms with Crippen LogP contribution in [0.1, 0.15) is 21.5 Å². The molecule has 3 nitrogen and oxygen atoms in total. The van der Waals surface area contributed by atoms with Crippen molar-refractivity contribution >= 4 is 33.2 Å². The molecule has 0 aliphatic heterocycles. The van der Waals surface area contributed by atoms with Gasteiger partial charge in [0.15, 0.2) is 0 Å². The van der Waals surface area contributed by atoms with E-state index in [9.17, 15) is 13.6 Å². The number of carbonyl (C=O) groups excluding carboxylic acids is 1. The number of aryl methyl sites for hydroxylation is 2. The van der Waals surface area contributed by atoms with Gasteiger partial charge in [-0.25, -0.2) is 8.78 Å². The lowest BCUT2D eigenvalue weighted by molar-refractivity contribution is 0.101. The molecular weight excluding hydrogens is 342 g/mol. The summed E-state index contributed by atoms with van der Waals surface area (Å²) in [5.41, 5.74) is 7.00. The zero-order valence-corrected chi connectivity index (χ0v) is 13.0. The van der Waals surface area contributed by atoms with Gasteiger partial charge in [-0.3, -0.25) is 4.79 Å². The van der Waals surface area contributed by atoms with Gasteiger partial charge in [-0.2, -0.15) is 0 Å². The quantitative estimate of drug-likeness (QED) is 0.794. The number of hydrogen-bond acceptors (Lipinski definition) is 2. The molecule has 0 unspecified atom stereocenters. The fourth-order valence-corrected chi connectivity index (χ4v) is 2.39. The van der Waals surface area contributed by atoms with E-state index in [4.69, 9.17) is 5.73 Å². The van der Waals surface area contributed by atoms with E-state index in [1.54, 1.807) is 6.07 Å². The molecule has 0 saturated heterocycles. The molecule has 6 heteroatoms. The predicted octanol–water partition coefficient (Wildman–Crippen LogP) is 4.18. The SMILES string of the molecule is Cc1cc(Br)c(NC(=O)c2c(F)ccc(C)c2F)cc1N. The van der Waals surface area contributed by atoms with Crippen LogP contribution in [0.25, 0.3) is 0 Å². The average molecular weight is 355 g/mol. The molecule has 3 N–H and O–H groups in total. The Kier molecular flexibility index (Phi) is 4.27. The van der Waals surface area contributed by atoms with Gasteiger partial charge < -0.3 is 11.1 Å². The van der Waals surface area contributed by atoms with E-state index in [1.807, 2.05) is 6.92 Å². The summed E-state index contributed by atoms with van der Waals surface area (Å²) >= 11 is 3.28. The first-order chi connectivity index (χ1) is 9.81. The molecule has 0 atom stereocenters. The molecule has 0 radical (unpaired) electrons. The van der Waals surface area contributed by atoms with Gasteiger partial charge in [-0.05, 0) is 59.1 Å². The molecule has 21 heavy (non-hydrogen) atoms. The second kappa shape index (κ2) is 5.81. The number of anilines is 2. The van der Waals surface area contributed by atoms with Crippen molar-refractivity contribution in [1.82, 2.24) is 0 Å². The molecule has 1 amide bonds. The molecule has 110 valence electrons. The largest absolute Gasteiger partial charge is 0.398 e. The summed E-state index contributed by atoms with van der Waals surface area (Å²) in [6, 6.07) is 5.59. The third-order valence-electron chi connectivity index (χ3n) is 3.12. The number of nitrogens with one attached hydrogen (secondary N) is 1. The number of halogens is 3. The molecule has 2 aromatic carbocycles. The Labute approximate surface area is 129 Å². The smallest absolute Gasteiger partial charge is 0.261 e. The molecular formula is C15H13BrF2N2O. The van der Waals surface area contributed by atoms with Crippen molar-refractivity contribution in [2.75, 3.05) is 11.1 Å². The minimum Gasteiger partial charge on any atom is -0.398 e. The number of benzene rings is 2. The number of amides is 1. The molecule has 2 rings (SSSR count). The maximum Gasteiger partial charge on any atom is 0.261 e. The highest BCUT2D eigenvalue weighted by Gasteiger charge is 2.20. The van der Waals surface area contributed by atoms with Crippen molar-refractivity contribution in [1.29, 1.82) is 0 Å². The molecule has 2 aromatic rings. The predicted molar refractivity (Wildman–Crippen MR) is 82.3 cm³/mol. The van der Waals surface area contributed by atoms with Gasteiger partial charge in [0.2, 0.25) is 0 Å². The standard InChI is InChI=1S/C15H13BrF2N2O/c1-7-3-4-10(17)13(14(7)18)15(21)20-12-6-11(19)8(2)5-9(12)16/h3-6H,19H2,1-2H3,(H,20,21). The van der Waals surface area contributed by atoms with Crippen LogP contribution in [0, 0.1) is 25.5 Å². The van der Waals surface area contributed by atoms with Crippen LogP contribution in [-0.2, 0) is 0 Å². The van der Waals surface area contributed by atoms with Gasteiger partial charge in [0, 0.05) is 10.2 Å². The van der Waals surface area contributed by atoms with Gasteiger partial charge in [0.1, 0.15) is 17.2 Å². The van der Waals surface area contributed by atoms with Crippen LogP contribution < -0.4 is 11.1 Å². The highest BCUT2D eigenvalue weighted by atomic mass is 79.9. The van der Waals surface area contributed by atoms with Gasteiger partial charge >= 0.3 is 0 Å². The lowest BCUT2D eigenvalue weighted by Crippen LogP contribution is -2.17. The van der Waals surface area contributed by atoms with E-state index in [1.165, 1.54) is 19.1 Å². The molecule has 0 fully saturated rings. The van der Waals surface area contributed by atoms with Crippen LogP contribution >= 0.6 is 15.9 Å². The lowest BCUT2D eigenvalue weighted by Gasteiger charge is -2.12.